The third kappa shape index (κ3) is 5.58. The Balaban J connectivity index is 1.65. The summed E-state index contributed by atoms with van der Waals surface area (Å²) in [6.07, 6.45) is 0.682. The third-order valence-corrected chi connectivity index (χ3v) is 8.99. The van der Waals surface area contributed by atoms with E-state index in [1.807, 2.05) is 93.6 Å². The van der Waals surface area contributed by atoms with Gasteiger partial charge in [0, 0.05) is 22.1 Å². The number of phenolic OH excluding ortho intramolecular Hbond substituents is 3. The Hall–Kier alpha value is -5.28. The Morgan fingerprint density at radius 3 is 1.00 bits per heavy atom. The molecule has 6 rings (SSSR count). The summed E-state index contributed by atoms with van der Waals surface area (Å²) in [4.78, 5) is 0. The van der Waals surface area contributed by atoms with Gasteiger partial charge in [-0.1, -0.05) is 115 Å². The van der Waals surface area contributed by atoms with Gasteiger partial charge < -0.3 is 15.3 Å². The molecule has 0 aromatic heterocycles. The van der Waals surface area contributed by atoms with Gasteiger partial charge in [-0.05, 0) is 97.0 Å². The van der Waals surface area contributed by atoms with Crippen LogP contribution in [0.1, 0.15) is 46.7 Å². The molecule has 0 bridgehead atoms. The molecule has 45 heavy (non-hydrogen) atoms. The Morgan fingerprint density at radius 2 is 0.733 bits per heavy atom. The first-order valence-corrected chi connectivity index (χ1v) is 15.4. The molecule has 0 amide bonds. The Kier molecular flexibility index (Phi) is 7.95. The summed E-state index contributed by atoms with van der Waals surface area (Å²) in [5.41, 5.74) is 10.7. The molecule has 0 saturated heterocycles. The van der Waals surface area contributed by atoms with Crippen LogP contribution >= 0.6 is 0 Å². The zero-order valence-electron chi connectivity index (χ0n) is 26.2. The van der Waals surface area contributed by atoms with Crippen molar-refractivity contribution in [1.82, 2.24) is 0 Å². The van der Waals surface area contributed by atoms with Crippen LogP contribution in [0.25, 0.3) is 33.4 Å². The van der Waals surface area contributed by atoms with E-state index < -0.39 is 5.41 Å². The molecule has 0 heterocycles. The Morgan fingerprint density at radius 1 is 0.422 bits per heavy atom. The van der Waals surface area contributed by atoms with Crippen LogP contribution in [0.2, 0.25) is 0 Å². The van der Waals surface area contributed by atoms with E-state index in [1.54, 1.807) is 18.2 Å². The number of aromatic hydroxyl groups is 3. The molecular formula is C42H38O3. The first-order valence-electron chi connectivity index (χ1n) is 15.4. The van der Waals surface area contributed by atoms with E-state index in [-0.39, 0.29) is 17.2 Å². The summed E-state index contributed by atoms with van der Waals surface area (Å²) in [5.74, 6) is 0.644. The predicted molar refractivity (Wildman–Crippen MR) is 185 cm³/mol. The minimum Gasteiger partial charge on any atom is -0.507 e. The lowest BCUT2D eigenvalue weighted by molar-refractivity contribution is 0.475. The molecule has 0 saturated carbocycles. The second kappa shape index (κ2) is 12.0. The molecule has 0 aliphatic heterocycles. The van der Waals surface area contributed by atoms with Gasteiger partial charge in [-0.2, -0.15) is 0 Å². The van der Waals surface area contributed by atoms with Crippen LogP contribution in [-0.2, 0) is 5.41 Å². The van der Waals surface area contributed by atoms with Gasteiger partial charge in [0.1, 0.15) is 17.2 Å². The average Bonchev–Trinajstić information content (AvgIpc) is 3.03. The zero-order valence-corrected chi connectivity index (χ0v) is 26.2. The van der Waals surface area contributed by atoms with Gasteiger partial charge in [0.25, 0.3) is 0 Å². The van der Waals surface area contributed by atoms with Crippen molar-refractivity contribution in [3.8, 4) is 50.6 Å². The van der Waals surface area contributed by atoms with E-state index in [0.717, 1.165) is 66.8 Å². The minimum atomic E-state index is -0.690. The van der Waals surface area contributed by atoms with Crippen molar-refractivity contribution in [2.24, 2.45) is 0 Å². The molecular weight excluding hydrogens is 552 g/mol. The molecule has 6 aromatic rings. The van der Waals surface area contributed by atoms with Crippen LogP contribution in [0, 0.1) is 20.8 Å². The lowest BCUT2D eigenvalue weighted by atomic mass is 9.66. The van der Waals surface area contributed by atoms with E-state index >= 15 is 0 Å². The molecule has 3 heteroatoms. The summed E-state index contributed by atoms with van der Waals surface area (Å²) < 4.78 is 0. The number of rotatable bonds is 7. The van der Waals surface area contributed by atoms with Gasteiger partial charge in [-0.15, -0.1) is 0 Å². The van der Waals surface area contributed by atoms with E-state index in [1.165, 1.54) is 0 Å². The number of aryl methyl sites for hydroxylation is 3. The summed E-state index contributed by atoms with van der Waals surface area (Å²) in [5, 5.41) is 33.3. The molecule has 0 radical (unpaired) electrons. The number of hydrogen-bond acceptors (Lipinski definition) is 3. The van der Waals surface area contributed by atoms with Gasteiger partial charge in [0.05, 0.1) is 0 Å². The third-order valence-electron chi connectivity index (χ3n) is 8.99. The largest absolute Gasteiger partial charge is 0.507 e. The maximum atomic E-state index is 11.1. The van der Waals surface area contributed by atoms with E-state index in [9.17, 15) is 15.3 Å². The molecule has 3 N–H and O–H groups in total. The van der Waals surface area contributed by atoms with E-state index in [0.29, 0.717) is 6.42 Å². The lowest BCUT2D eigenvalue weighted by Gasteiger charge is -2.36. The van der Waals surface area contributed by atoms with Gasteiger partial charge in [-0.25, -0.2) is 0 Å². The molecule has 6 aromatic carbocycles. The van der Waals surface area contributed by atoms with Crippen molar-refractivity contribution < 1.29 is 15.3 Å². The quantitative estimate of drug-likeness (QED) is 0.162. The van der Waals surface area contributed by atoms with Gasteiger partial charge in [0.2, 0.25) is 0 Å². The fourth-order valence-electron chi connectivity index (χ4n) is 6.65. The standard InChI is InChI=1S/C42H38O3/c1-5-42(33-15-18-39(43)36(24-33)30-12-6-9-27(2)21-30,34-16-19-40(44)37(25-34)31-13-7-10-28(3)22-31)35-17-20-41(45)38(26-35)32-14-8-11-29(4)23-32/h6-26,43-45H,5H2,1-4H3. The van der Waals surface area contributed by atoms with Crippen LogP contribution in [0.5, 0.6) is 17.2 Å². The average molecular weight is 591 g/mol. The second-order valence-electron chi connectivity index (χ2n) is 12.1. The maximum absolute atomic E-state index is 11.1. The van der Waals surface area contributed by atoms with Crippen LogP contribution in [-0.4, -0.2) is 15.3 Å². The minimum absolute atomic E-state index is 0.215. The van der Waals surface area contributed by atoms with Gasteiger partial charge in [0.15, 0.2) is 0 Å². The SMILES string of the molecule is CCC(c1ccc(O)c(-c2cccc(C)c2)c1)(c1ccc(O)c(-c2cccc(C)c2)c1)c1ccc(O)c(-c2cccc(C)c2)c1. The highest BCUT2D eigenvalue weighted by atomic mass is 16.3. The highest BCUT2D eigenvalue weighted by molar-refractivity contribution is 5.77. The smallest absolute Gasteiger partial charge is 0.123 e. The van der Waals surface area contributed by atoms with Gasteiger partial charge >= 0.3 is 0 Å². The highest BCUT2D eigenvalue weighted by Crippen LogP contribution is 2.48. The van der Waals surface area contributed by atoms with Crippen LogP contribution in [0.3, 0.4) is 0 Å². The number of phenols is 3. The monoisotopic (exact) mass is 590 g/mol. The molecule has 0 aliphatic carbocycles. The molecule has 224 valence electrons. The molecule has 0 atom stereocenters. The van der Waals surface area contributed by atoms with Gasteiger partial charge in [-0.3, -0.25) is 0 Å². The summed E-state index contributed by atoms with van der Waals surface area (Å²) in [6, 6.07) is 42.1. The normalized spacial score (nSPS) is 11.5. The molecule has 3 nitrogen and oxygen atoms in total. The van der Waals surface area contributed by atoms with Crippen molar-refractivity contribution >= 4 is 0 Å². The molecule has 0 fully saturated rings. The van der Waals surface area contributed by atoms with Crippen LogP contribution < -0.4 is 0 Å². The van der Waals surface area contributed by atoms with Crippen molar-refractivity contribution in [1.29, 1.82) is 0 Å². The molecule has 0 unspecified atom stereocenters. The highest BCUT2D eigenvalue weighted by Gasteiger charge is 2.36. The van der Waals surface area contributed by atoms with Crippen molar-refractivity contribution in [3.63, 3.8) is 0 Å². The Bertz CT molecular complexity index is 1790. The predicted octanol–water partition coefficient (Wildman–Crippen LogP) is 10.5. The van der Waals surface area contributed by atoms with Crippen LogP contribution in [0.15, 0.2) is 127 Å². The Labute approximate surface area is 265 Å². The summed E-state index contributed by atoms with van der Waals surface area (Å²) >= 11 is 0. The molecule has 0 aliphatic rings. The number of benzene rings is 6. The van der Waals surface area contributed by atoms with Crippen molar-refractivity contribution in [3.05, 3.63) is 161 Å². The fraction of sp³-hybridized carbons (Fsp3) is 0.143. The summed E-state index contributed by atoms with van der Waals surface area (Å²) in [7, 11) is 0. The summed E-state index contributed by atoms with van der Waals surface area (Å²) in [6.45, 7) is 8.31. The topological polar surface area (TPSA) is 60.7 Å². The first-order chi connectivity index (χ1) is 21.7. The fourth-order valence-corrected chi connectivity index (χ4v) is 6.65. The number of hydrogen-bond donors (Lipinski definition) is 3. The second-order valence-corrected chi connectivity index (χ2v) is 12.1. The van der Waals surface area contributed by atoms with Crippen molar-refractivity contribution in [2.75, 3.05) is 0 Å². The maximum Gasteiger partial charge on any atom is 0.123 e. The first kappa shape index (κ1) is 29.8. The van der Waals surface area contributed by atoms with Crippen molar-refractivity contribution in [2.45, 2.75) is 39.5 Å². The van der Waals surface area contributed by atoms with Crippen LogP contribution in [0.4, 0.5) is 0 Å². The van der Waals surface area contributed by atoms with E-state index in [4.69, 9.17) is 0 Å². The molecule has 0 spiro atoms. The van der Waals surface area contributed by atoms with E-state index in [2.05, 4.69) is 43.3 Å². The lowest BCUT2D eigenvalue weighted by Crippen LogP contribution is -2.29. The zero-order chi connectivity index (χ0) is 31.7.